The van der Waals surface area contributed by atoms with Crippen LogP contribution in [-0.4, -0.2) is 58.6 Å². The lowest BCUT2D eigenvalue weighted by atomic mass is 10.2. The van der Waals surface area contributed by atoms with Gasteiger partial charge in [-0.1, -0.05) is 36.7 Å². The van der Waals surface area contributed by atoms with Crippen LogP contribution >= 0.6 is 11.6 Å². The Morgan fingerprint density at radius 1 is 1.26 bits per heavy atom. The van der Waals surface area contributed by atoms with Crippen molar-refractivity contribution in [3.8, 4) is 0 Å². The van der Waals surface area contributed by atoms with Gasteiger partial charge in [-0.15, -0.1) is 0 Å². The molecule has 2 aromatic rings. The highest BCUT2D eigenvalue weighted by molar-refractivity contribution is 6.31. The average Bonchev–Trinajstić information content (AvgIpc) is 3.09. The minimum Gasteiger partial charge on any atom is -0.338 e. The summed E-state index contributed by atoms with van der Waals surface area (Å²) in [5, 5.41) is 7.57. The first-order chi connectivity index (χ1) is 12.9. The van der Waals surface area contributed by atoms with Crippen molar-refractivity contribution in [3.63, 3.8) is 0 Å². The fourth-order valence-electron chi connectivity index (χ4n) is 2.94. The minimum absolute atomic E-state index is 0.0261. The minimum atomic E-state index is -0.0261. The molecule has 1 aromatic carbocycles. The zero-order chi connectivity index (χ0) is 19.4. The van der Waals surface area contributed by atoms with E-state index in [2.05, 4.69) is 25.3 Å². The van der Waals surface area contributed by atoms with Crippen molar-refractivity contribution in [3.05, 3.63) is 40.5 Å². The quantitative estimate of drug-likeness (QED) is 0.816. The summed E-state index contributed by atoms with van der Waals surface area (Å²) in [6.45, 7) is 10.4. The SMILES string of the molecule is Cc1ccc(NC(=O)CN2CCN(Cc3nc(C(C)C)no3)CC2)cc1Cl. The Balaban J connectivity index is 1.43. The summed E-state index contributed by atoms with van der Waals surface area (Å²) >= 11 is 6.11. The summed E-state index contributed by atoms with van der Waals surface area (Å²) in [7, 11) is 0. The summed E-state index contributed by atoms with van der Waals surface area (Å²) in [5.41, 5.74) is 1.72. The number of piperazine rings is 1. The van der Waals surface area contributed by atoms with Gasteiger partial charge in [-0.3, -0.25) is 14.6 Å². The summed E-state index contributed by atoms with van der Waals surface area (Å²) in [4.78, 5) is 21.1. The molecule has 0 atom stereocenters. The Morgan fingerprint density at radius 2 is 1.96 bits per heavy atom. The van der Waals surface area contributed by atoms with E-state index < -0.39 is 0 Å². The van der Waals surface area contributed by atoms with Crippen molar-refractivity contribution in [2.45, 2.75) is 33.2 Å². The van der Waals surface area contributed by atoms with Crippen molar-refractivity contribution in [2.75, 3.05) is 38.0 Å². The number of carbonyl (C=O) groups is 1. The highest BCUT2D eigenvalue weighted by Gasteiger charge is 2.21. The Morgan fingerprint density at radius 3 is 2.59 bits per heavy atom. The molecule has 3 rings (SSSR count). The van der Waals surface area contributed by atoms with E-state index in [1.807, 2.05) is 32.9 Å². The predicted octanol–water partition coefficient (Wildman–Crippen LogP) is 2.91. The van der Waals surface area contributed by atoms with E-state index in [1.54, 1.807) is 6.07 Å². The maximum atomic E-state index is 12.3. The highest BCUT2D eigenvalue weighted by atomic mass is 35.5. The number of anilines is 1. The van der Waals surface area contributed by atoms with Gasteiger partial charge in [0.05, 0.1) is 13.1 Å². The first-order valence-electron chi connectivity index (χ1n) is 9.24. The van der Waals surface area contributed by atoms with Crippen LogP contribution in [0.25, 0.3) is 0 Å². The molecule has 1 aromatic heterocycles. The Kier molecular flexibility index (Phi) is 6.46. The van der Waals surface area contributed by atoms with Crippen LogP contribution in [0.4, 0.5) is 5.69 Å². The normalized spacial score (nSPS) is 16.0. The van der Waals surface area contributed by atoms with E-state index in [4.69, 9.17) is 16.1 Å². The summed E-state index contributed by atoms with van der Waals surface area (Å²) < 4.78 is 5.31. The van der Waals surface area contributed by atoms with Gasteiger partial charge in [0, 0.05) is 42.8 Å². The van der Waals surface area contributed by atoms with E-state index >= 15 is 0 Å². The standard InChI is InChI=1S/C19H26ClN5O2/c1-13(2)19-22-18(27-23-19)12-25-8-6-24(7-9-25)11-17(26)21-15-5-4-14(3)16(20)10-15/h4-5,10,13H,6-9,11-12H2,1-3H3,(H,21,26). The molecule has 2 heterocycles. The molecule has 0 unspecified atom stereocenters. The van der Waals surface area contributed by atoms with Crippen LogP contribution in [0.2, 0.25) is 5.02 Å². The number of halogens is 1. The number of rotatable bonds is 6. The third kappa shape index (κ3) is 5.51. The molecule has 0 spiro atoms. The molecule has 0 bridgehead atoms. The van der Waals surface area contributed by atoms with Crippen molar-refractivity contribution in [2.24, 2.45) is 0 Å². The second kappa shape index (κ2) is 8.82. The number of aromatic nitrogens is 2. The van der Waals surface area contributed by atoms with Gasteiger partial charge in [-0.05, 0) is 24.6 Å². The Bertz CT molecular complexity index is 784. The van der Waals surface area contributed by atoms with Gasteiger partial charge in [0.25, 0.3) is 0 Å². The Hall–Kier alpha value is -1.96. The topological polar surface area (TPSA) is 74.5 Å². The molecule has 1 saturated heterocycles. The smallest absolute Gasteiger partial charge is 0.240 e. The van der Waals surface area contributed by atoms with E-state index in [-0.39, 0.29) is 11.8 Å². The summed E-state index contributed by atoms with van der Waals surface area (Å²) in [6.07, 6.45) is 0. The molecule has 0 radical (unpaired) electrons. The molecule has 1 amide bonds. The number of aryl methyl sites for hydroxylation is 1. The number of nitrogens with zero attached hydrogens (tertiary/aromatic N) is 4. The lowest BCUT2D eigenvalue weighted by Gasteiger charge is -2.33. The van der Waals surface area contributed by atoms with Crippen LogP contribution in [0.1, 0.15) is 37.0 Å². The lowest BCUT2D eigenvalue weighted by Crippen LogP contribution is -2.48. The van der Waals surface area contributed by atoms with Gasteiger partial charge in [-0.2, -0.15) is 4.98 Å². The molecule has 0 aliphatic carbocycles. The van der Waals surface area contributed by atoms with Crippen LogP contribution in [-0.2, 0) is 11.3 Å². The number of hydrogen-bond donors (Lipinski definition) is 1. The van der Waals surface area contributed by atoms with Crippen molar-refractivity contribution in [1.82, 2.24) is 19.9 Å². The van der Waals surface area contributed by atoms with Crippen LogP contribution < -0.4 is 5.32 Å². The number of hydrogen-bond acceptors (Lipinski definition) is 6. The molecule has 0 saturated carbocycles. The summed E-state index contributed by atoms with van der Waals surface area (Å²) in [5.74, 6) is 1.64. The van der Waals surface area contributed by atoms with Crippen LogP contribution in [0.3, 0.4) is 0 Å². The molecule has 7 nitrogen and oxygen atoms in total. The fourth-order valence-corrected chi connectivity index (χ4v) is 3.12. The molecule has 1 aliphatic rings. The van der Waals surface area contributed by atoms with Crippen molar-refractivity contribution >= 4 is 23.2 Å². The van der Waals surface area contributed by atoms with E-state index in [0.717, 1.165) is 43.3 Å². The first kappa shape index (κ1) is 19.8. The van der Waals surface area contributed by atoms with E-state index in [1.165, 1.54) is 0 Å². The molecular formula is C19H26ClN5O2. The van der Waals surface area contributed by atoms with Crippen LogP contribution in [0.15, 0.2) is 22.7 Å². The van der Waals surface area contributed by atoms with Crippen molar-refractivity contribution < 1.29 is 9.32 Å². The van der Waals surface area contributed by atoms with E-state index in [0.29, 0.717) is 24.0 Å². The van der Waals surface area contributed by atoms with Crippen LogP contribution in [0, 0.1) is 6.92 Å². The third-order valence-corrected chi connectivity index (χ3v) is 5.05. The fraction of sp³-hybridized carbons (Fsp3) is 0.526. The molecule has 8 heteroatoms. The number of carbonyl (C=O) groups excluding carboxylic acids is 1. The zero-order valence-corrected chi connectivity index (χ0v) is 16.8. The molecule has 1 N–H and O–H groups in total. The largest absolute Gasteiger partial charge is 0.338 e. The van der Waals surface area contributed by atoms with Gasteiger partial charge < -0.3 is 9.84 Å². The van der Waals surface area contributed by atoms with Gasteiger partial charge in [0.1, 0.15) is 0 Å². The maximum Gasteiger partial charge on any atom is 0.240 e. The second-order valence-electron chi connectivity index (χ2n) is 7.27. The molecule has 1 aliphatic heterocycles. The number of nitrogens with one attached hydrogen (secondary N) is 1. The summed E-state index contributed by atoms with van der Waals surface area (Å²) in [6, 6.07) is 5.55. The second-order valence-corrected chi connectivity index (χ2v) is 7.67. The maximum absolute atomic E-state index is 12.3. The first-order valence-corrected chi connectivity index (χ1v) is 9.61. The van der Waals surface area contributed by atoms with Gasteiger partial charge in [-0.25, -0.2) is 0 Å². The monoisotopic (exact) mass is 391 g/mol. The molecular weight excluding hydrogens is 366 g/mol. The van der Waals surface area contributed by atoms with Gasteiger partial charge >= 0.3 is 0 Å². The highest BCUT2D eigenvalue weighted by Crippen LogP contribution is 2.20. The van der Waals surface area contributed by atoms with Crippen molar-refractivity contribution in [1.29, 1.82) is 0 Å². The van der Waals surface area contributed by atoms with E-state index in [9.17, 15) is 4.79 Å². The third-order valence-electron chi connectivity index (χ3n) is 4.65. The van der Waals surface area contributed by atoms with Gasteiger partial charge in [0.15, 0.2) is 5.82 Å². The predicted molar refractivity (Wildman–Crippen MR) is 105 cm³/mol. The molecule has 27 heavy (non-hydrogen) atoms. The molecule has 1 fully saturated rings. The molecule has 146 valence electrons. The zero-order valence-electron chi connectivity index (χ0n) is 16.0. The Labute approximate surface area is 164 Å². The van der Waals surface area contributed by atoms with Crippen LogP contribution in [0.5, 0.6) is 0 Å². The van der Waals surface area contributed by atoms with Gasteiger partial charge in [0.2, 0.25) is 11.8 Å². The lowest BCUT2D eigenvalue weighted by molar-refractivity contribution is -0.117. The number of amides is 1. The number of benzene rings is 1. The average molecular weight is 392 g/mol.